The van der Waals surface area contributed by atoms with Crippen molar-refractivity contribution in [1.82, 2.24) is 14.8 Å². The molecule has 0 radical (unpaired) electrons. The Morgan fingerprint density at radius 2 is 1.63 bits per heavy atom. The number of hydrogen-bond donors (Lipinski definition) is 0. The minimum atomic E-state index is -0.393. The van der Waals surface area contributed by atoms with E-state index in [-0.39, 0.29) is 11.5 Å². The standard InChI is InChI=1S/C22H17FN4O2S/c23-19-12-6-5-11-18(19)21-24-25-22(26(21)14-16-8-2-1-3-9-16)30-15-17-10-4-7-13-20(17)27(28)29/h1-13H,14-15H2. The molecule has 0 aliphatic heterocycles. The molecule has 0 aliphatic carbocycles. The van der Waals surface area contributed by atoms with Crippen LogP contribution in [0.4, 0.5) is 10.1 Å². The molecule has 1 aromatic heterocycles. The fraction of sp³-hybridized carbons (Fsp3) is 0.0909. The van der Waals surface area contributed by atoms with E-state index in [1.807, 2.05) is 34.9 Å². The Kier molecular flexibility index (Phi) is 5.85. The highest BCUT2D eigenvalue weighted by atomic mass is 32.2. The summed E-state index contributed by atoms with van der Waals surface area (Å²) in [7, 11) is 0. The Bertz CT molecular complexity index is 1180. The number of nitro benzene ring substituents is 1. The van der Waals surface area contributed by atoms with E-state index < -0.39 is 4.92 Å². The molecule has 8 heteroatoms. The van der Waals surface area contributed by atoms with Gasteiger partial charge in [0.2, 0.25) is 0 Å². The third-order valence-corrected chi connectivity index (χ3v) is 5.58. The summed E-state index contributed by atoms with van der Waals surface area (Å²) >= 11 is 1.33. The number of thioether (sulfide) groups is 1. The van der Waals surface area contributed by atoms with Crippen molar-refractivity contribution in [3.8, 4) is 11.4 Å². The van der Waals surface area contributed by atoms with Gasteiger partial charge in [-0.1, -0.05) is 72.4 Å². The van der Waals surface area contributed by atoms with Crippen LogP contribution in [0.1, 0.15) is 11.1 Å². The number of halogens is 1. The molecule has 0 fully saturated rings. The third-order valence-electron chi connectivity index (χ3n) is 4.56. The largest absolute Gasteiger partial charge is 0.297 e. The predicted octanol–water partition coefficient (Wildman–Crippen LogP) is 5.33. The Balaban J connectivity index is 1.70. The topological polar surface area (TPSA) is 73.8 Å². The van der Waals surface area contributed by atoms with Crippen molar-refractivity contribution in [3.05, 3.63) is 106 Å². The SMILES string of the molecule is O=[N+]([O-])c1ccccc1CSc1nnc(-c2ccccc2F)n1Cc1ccccc1. The van der Waals surface area contributed by atoms with Crippen molar-refractivity contribution in [2.75, 3.05) is 0 Å². The van der Waals surface area contributed by atoms with Gasteiger partial charge in [0.05, 0.1) is 17.0 Å². The van der Waals surface area contributed by atoms with Gasteiger partial charge in [-0.25, -0.2) is 4.39 Å². The van der Waals surface area contributed by atoms with Crippen LogP contribution in [0.5, 0.6) is 0 Å². The molecule has 0 saturated carbocycles. The molecule has 1 heterocycles. The van der Waals surface area contributed by atoms with Crippen LogP contribution >= 0.6 is 11.8 Å². The van der Waals surface area contributed by atoms with E-state index in [9.17, 15) is 14.5 Å². The number of aromatic nitrogens is 3. The molecule has 4 aromatic rings. The summed E-state index contributed by atoms with van der Waals surface area (Å²) in [4.78, 5) is 10.9. The molecule has 4 rings (SSSR count). The molecule has 0 atom stereocenters. The number of para-hydroxylation sites is 1. The maximum absolute atomic E-state index is 14.4. The lowest BCUT2D eigenvalue weighted by molar-refractivity contribution is -0.385. The normalized spacial score (nSPS) is 10.8. The lowest BCUT2D eigenvalue weighted by Crippen LogP contribution is -2.05. The molecule has 0 aliphatic rings. The summed E-state index contributed by atoms with van der Waals surface area (Å²) < 4.78 is 16.3. The molecular weight excluding hydrogens is 403 g/mol. The van der Waals surface area contributed by atoms with E-state index in [4.69, 9.17) is 0 Å². The molecule has 0 N–H and O–H groups in total. The van der Waals surface area contributed by atoms with Gasteiger partial charge in [-0.2, -0.15) is 0 Å². The van der Waals surface area contributed by atoms with Gasteiger partial charge in [0.1, 0.15) is 5.82 Å². The van der Waals surface area contributed by atoms with E-state index in [1.54, 1.807) is 36.4 Å². The van der Waals surface area contributed by atoms with Gasteiger partial charge < -0.3 is 0 Å². The van der Waals surface area contributed by atoms with E-state index in [0.29, 0.717) is 34.4 Å². The van der Waals surface area contributed by atoms with Crippen molar-refractivity contribution in [2.45, 2.75) is 17.5 Å². The number of nitrogens with zero attached hydrogens (tertiary/aromatic N) is 4. The molecular formula is C22H17FN4O2S. The van der Waals surface area contributed by atoms with Crippen LogP contribution in [-0.2, 0) is 12.3 Å². The fourth-order valence-corrected chi connectivity index (χ4v) is 4.03. The first-order valence-corrected chi connectivity index (χ1v) is 10.2. The minimum Gasteiger partial charge on any atom is -0.297 e. The zero-order valence-corrected chi connectivity index (χ0v) is 16.6. The highest BCUT2D eigenvalue weighted by molar-refractivity contribution is 7.98. The van der Waals surface area contributed by atoms with Crippen molar-refractivity contribution < 1.29 is 9.31 Å². The van der Waals surface area contributed by atoms with E-state index in [0.717, 1.165) is 5.56 Å². The van der Waals surface area contributed by atoms with Crippen LogP contribution in [0.2, 0.25) is 0 Å². The highest BCUT2D eigenvalue weighted by Gasteiger charge is 2.19. The average molecular weight is 420 g/mol. The maximum Gasteiger partial charge on any atom is 0.273 e. The quantitative estimate of drug-likeness (QED) is 0.229. The molecule has 0 spiro atoms. The fourth-order valence-electron chi connectivity index (χ4n) is 3.10. The molecule has 0 bridgehead atoms. The summed E-state index contributed by atoms with van der Waals surface area (Å²) in [6.45, 7) is 0.455. The van der Waals surface area contributed by atoms with Crippen LogP contribution in [0.25, 0.3) is 11.4 Å². The van der Waals surface area contributed by atoms with Gasteiger partial charge >= 0.3 is 0 Å². The van der Waals surface area contributed by atoms with Gasteiger partial charge in [0, 0.05) is 17.4 Å². The zero-order valence-electron chi connectivity index (χ0n) is 15.8. The van der Waals surface area contributed by atoms with Crippen molar-refractivity contribution in [1.29, 1.82) is 0 Å². The van der Waals surface area contributed by atoms with Gasteiger partial charge in [0.25, 0.3) is 5.69 Å². The van der Waals surface area contributed by atoms with E-state index >= 15 is 0 Å². The molecule has 0 unspecified atom stereocenters. The molecule has 3 aromatic carbocycles. The third kappa shape index (κ3) is 4.23. The van der Waals surface area contributed by atoms with Crippen molar-refractivity contribution in [3.63, 3.8) is 0 Å². The Morgan fingerprint density at radius 1 is 0.933 bits per heavy atom. The van der Waals surface area contributed by atoms with Crippen LogP contribution < -0.4 is 0 Å². The first kappa shape index (κ1) is 19.8. The minimum absolute atomic E-state index is 0.0634. The van der Waals surface area contributed by atoms with Crippen molar-refractivity contribution >= 4 is 17.4 Å². The molecule has 150 valence electrons. The first-order valence-electron chi connectivity index (χ1n) is 9.20. The number of benzene rings is 3. The second kappa shape index (κ2) is 8.87. The molecule has 0 saturated heterocycles. The van der Waals surface area contributed by atoms with E-state index in [1.165, 1.54) is 23.9 Å². The Labute approximate surface area is 176 Å². The van der Waals surface area contributed by atoms with Gasteiger partial charge in [0.15, 0.2) is 11.0 Å². The van der Waals surface area contributed by atoms with Gasteiger partial charge in [-0.05, 0) is 17.7 Å². The number of hydrogen-bond acceptors (Lipinski definition) is 5. The molecule has 0 amide bonds. The molecule has 6 nitrogen and oxygen atoms in total. The number of nitro groups is 1. The summed E-state index contributed by atoms with van der Waals surface area (Å²) in [5.74, 6) is 0.387. The van der Waals surface area contributed by atoms with Gasteiger partial charge in [-0.15, -0.1) is 10.2 Å². The van der Waals surface area contributed by atoms with Crippen LogP contribution in [-0.4, -0.2) is 19.7 Å². The average Bonchev–Trinajstić information content (AvgIpc) is 3.15. The van der Waals surface area contributed by atoms with E-state index in [2.05, 4.69) is 10.2 Å². The second-order valence-corrected chi connectivity index (χ2v) is 7.47. The predicted molar refractivity (Wildman–Crippen MR) is 114 cm³/mol. The second-order valence-electron chi connectivity index (χ2n) is 6.53. The van der Waals surface area contributed by atoms with Crippen molar-refractivity contribution in [2.24, 2.45) is 0 Å². The zero-order chi connectivity index (χ0) is 20.9. The first-order chi connectivity index (χ1) is 14.6. The maximum atomic E-state index is 14.4. The van der Waals surface area contributed by atoms with Crippen LogP contribution in [0.15, 0.2) is 84.0 Å². The monoisotopic (exact) mass is 420 g/mol. The lowest BCUT2D eigenvalue weighted by Gasteiger charge is -2.11. The summed E-state index contributed by atoms with van der Waals surface area (Å²) in [5, 5.41) is 20.3. The summed E-state index contributed by atoms with van der Waals surface area (Å²) in [6.07, 6.45) is 0. The lowest BCUT2D eigenvalue weighted by atomic mass is 10.2. The van der Waals surface area contributed by atoms with Crippen LogP contribution in [0.3, 0.4) is 0 Å². The summed E-state index contributed by atoms with van der Waals surface area (Å²) in [5.41, 5.74) is 2.03. The molecule has 30 heavy (non-hydrogen) atoms. The van der Waals surface area contributed by atoms with Crippen LogP contribution in [0, 0.1) is 15.9 Å². The Hall–Kier alpha value is -3.52. The van der Waals surface area contributed by atoms with Gasteiger partial charge in [-0.3, -0.25) is 14.7 Å². The smallest absolute Gasteiger partial charge is 0.273 e. The highest BCUT2D eigenvalue weighted by Crippen LogP contribution is 2.30. The summed E-state index contributed by atoms with van der Waals surface area (Å²) in [6, 6.07) is 22.8. The number of rotatable bonds is 7. The Morgan fingerprint density at radius 3 is 2.40 bits per heavy atom.